The maximum absolute atomic E-state index is 12.3. The molecule has 7 heteroatoms. The number of nitrogens with one attached hydrogen (secondary N) is 1. The van der Waals surface area contributed by atoms with Crippen molar-refractivity contribution < 1.29 is 4.79 Å². The van der Waals surface area contributed by atoms with E-state index in [4.69, 9.17) is 23.2 Å². The summed E-state index contributed by atoms with van der Waals surface area (Å²) < 4.78 is 0. The molecule has 1 fully saturated rings. The summed E-state index contributed by atoms with van der Waals surface area (Å²) in [6.07, 6.45) is 1.72. The summed E-state index contributed by atoms with van der Waals surface area (Å²) >= 11 is 12.3. The van der Waals surface area contributed by atoms with Gasteiger partial charge < -0.3 is 15.1 Å². The third kappa shape index (κ3) is 3.91. The first kappa shape index (κ1) is 16.9. The quantitative estimate of drug-likeness (QED) is 0.907. The molecule has 0 aliphatic carbocycles. The molecule has 0 atom stereocenters. The van der Waals surface area contributed by atoms with Gasteiger partial charge >= 0.3 is 6.03 Å². The smallest absolute Gasteiger partial charge is 0.317 e. The molecule has 0 unspecified atom stereocenters. The SMILES string of the molecule is O=C(NCc1ccccn1)N1CCN(c2cccc(Cl)c2Cl)CC1. The summed E-state index contributed by atoms with van der Waals surface area (Å²) in [4.78, 5) is 20.4. The highest BCUT2D eigenvalue weighted by molar-refractivity contribution is 6.43. The number of hydrogen-bond donors (Lipinski definition) is 1. The minimum Gasteiger partial charge on any atom is -0.367 e. The van der Waals surface area contributed by atoms with Gasteiger partial charge in [-0.1, -0.05) is 35.3 Å². The zero-order chi connectivity index (χ0) is 16.9. The highest BCUT2D eigenvalue weighted by Crippen LogP contribution is 2.32. The molecule has 126 valence electrons. The number of benzene rings is 1. The molecule has 3 rings (SSSR count). The average molecular weight is 365 g/mol. The van der Waals surface area contributed by atoms with E-state index in [2.05, 4.69) is 15.2 Å². The number of nitrogens with zero attached hydrogens (tertiary/aromatic N) is 3. The maximum atomic E-state index is 12.3. The Labute approximate surface area is 151 Å². The van der Waals surface area contributed by atoms with Crippen LogP contribution in [0.1, 0.15) is 5.69 Å². The van der Waals surface area contributed by atoms with Crippen LogP contribution >= 0.6 is 23.2 Å². The van der Waals surface area contributed by atoms with E-state index < -0.39 is 0 Å². The molecular formula is C17H18Cl2N4O. The van der Waals surface area contributed by atoms with Gasteiger partial charge in [-0.25, -0.2) is 4.79 Å². The third-order valence-electron chi connectivity index (χ3n) is 3.99. The molecular weight excluding hydrogens is 347 g/mol. The van der Waals surface area contributed by atoms with Crippen molar-refractivity contribution in [2.24, 2.45) is 0 Å². The first-order valence-corrected chi connectivity index (χ1v) is 8.52. The molecule has 1 saturated heterocycles. The molecule has 24 heavy (non-hydrogen) atoms. The van der Waals surface area contributed by atoms with Gasteiger partial charge in [0.05, 0.1) is 28.0 Å². The Balaban J connectivity index is 1.53. The van der Waals surface area contributed by atoms with Gasteiger partial charge in [0.25, 0.3) is 0 Å². The number of pyridine rings is 1. The van der Waals surface area contributed by atoms with Gasteiger partial charge in [-0.2, -0.15) is 0 Å². The Kier molecular flexibility index (Phi) is 5.43. The van der Waals surface area contributed by atoms with Crippen LogP contribution in [0.25, 0.3) is 0 Å². The fraction of sp³-hybridized carbons (Fsp3) is 0.294. The summed E-state index contributed by atoms with van der Waals surface area (Å²) in [5.41, 5.74) is 1.76. The number of carbonyl (C=O) groups is 1. The minimum absolute atomic E-state index is 0.0718. The van der Waals surface area contributed by atoms with Crippen LogP contribution in [-0.4, -0.2) is 42.1 Å². The number of amides is 2. The number of piperazine rings is 1. The molecule has 1 aromatic heterocycles. The van der Waals surface area contributed by atoms with Gasteiger partial charge in [0.1, 0.15) is 0 Å². The van der Waals surface area contributed by atoms with Gasteiger partial charge in [0, 0.05) is 32.4 Å². The lowest BCUT2D eigenvalue weighted by Crippen LogP contribution is -2.51. The molecule has 1 aliphatic rings. The lowest BCUT2D eigenvalue weighted by atomic mass is 10.2. The molecule has 1 N–H and O–H groups in total. The highest BCUT2D eigenvalue weighted by atomic mass is 35.5. The van der Waals surface area contributed by atoms with Crippen molar-refractivity contribution in [3.05, 3.63) is 58.3 Å². The first-order valence-electron chi connectivity index (χ1n) is 7.77. The summed E-state index contributed by atoms with van der Waals surface area (Å²) in [6.45, 7) is 3.14. The van der Waals surface area contributed by atoms with Crippen LogP contribution in [0.5, 0.6) is 0 Å². The van der Waals surface area contributed by atoms with Crippen LogP contribution in [0.4, 0.5) is 10.5 Å². The summed E-state index contributed by atoms with van der Waals surface area (Å²) in [7, 11) is 0. The molecule has 0 saturated carbocycles. The van der Waals surface area contributed by atoms with Gasteiger partial charge in [-0.05, 0) is 24.3 Å². The van der Waals surface area contributed by atoms with E-state index in [1.54, 1.807) is 17.2 Å². The van der Waals surface area contributed by atoms with E-state index in [0.29, 0.717) is 29.7 Å². The van der Waals surface area contributed by atoms with Gasteiger partial charge in [0.15, 0.2) is 0 Å². The second-order valence-corrected chi connectivity index (χ2v) is 6.31. The standard InChI is InChI=1S/C17H18Cl2N4O/c18-14-5-3-6-15(16(14)19)22-8-10-23(11-9-22)17(24)21-12-13-4-1-2-7-20-13/h1-7H,8-12H2,(H,21,24). The predicted octanol–water partition coefficient (Wildman–Crippen LogP) is 3.42. The predicted molar refractivity (Wildman–Crippen MR) is 96.7 cm³/mol. The largest absolute Gasteiger partial charge is 0.367 e. The average Bonchev–Trinajstić information content (AvgIpc) is 2.63. The fourth-order valence-corrected chi connectivity index (χ4v) is 3.08. The number of aromatic nitrogens is 1. The molecule has 5 nitrogen and oxygen atoms in total. The van der Waals surface area contributed by atoms with Crippen molar-refractivity contribution in [1.29, 1.82) is 0 Å². The normalized spacial score (nSPS) is 14.6. The van der Waals surface area contributed by atoms with E-state index in [1.165, 1.54) is 0 Å². The molecule has 0 radical (unpaired) electrons. The van der Waals surface area contributed by atoms with Crippen LogP contribution in [0.15, 0.2) is 42.6 Å². The van der Waals surface area contributed by atoms with E-state index in [9.17, 15) is 4.79 Å². The van der Waals surface area contributed by atoms with Crippen molar-refractivity contribution >= 4 is 34.9 Å². The summed E-state index contributed by atoms with van der Waals surface area (Å²) in [5, 5.41) is 4.01. The number of halogens is 2. The monoisotopic (exact) mass is 364 g/mol. The van der Waals surface area contributed by atoms with Crippen molar-refractivity contribution in [1.82, 2.24) is 15.2 Å². The summed E-state index contributed by atoms with van der Waals surface area (Å²) in [5.74, 6) is 0. The molecule has 1 aliphatic heterocycles. The first-order chi connectivity index (χ1) is 11.6. The number of rotatable bonds is 3. The Morgan fingerprint density at radius 2 is 1.88 bits per heavy atom. The van der Waals surface area contributed by atoms with E-state index >= 15 is 0 Å². The highest BCUT2D eigenvalue weighted by Gasteiger charge is 2.22. The third-order valence-corrected chi connectivity index (χ3v) is 4.79. The molecule has 1 aromatic carbocycles. The zero-order valence-corrected chi connectivity index (χ0v) is 14.6. The maximum Gasteiger partial charge on any atom is 0.317 e. The van der Waals surface area contributed by atoms with E-state index in [0.717, 1.165) is 24.5 Å². The minimum atomic E-state index is -0.0718. The lowest BCUT2D eigenvalue weighted by Gasteiger charge is -2.36. The molecule has 0 bridgehead atoms. The number of hydrogen-bond acceptors (Lipinski definition) is 3. The number of carbonyl (C=O) groups excluding carboxylic acids is 1. The van der Waals surface area contributed by atoms with Crippen LogP contribution in [0, 0.1) is 0 Å². The van der Waals surface area contributed by atoms with Crippen molar-refractivity contribution in [3.8, 4) is 0 Å². The Morgan fingerprint density at radius 3 is 2.58 bits per heavy atom. The van der Waals surface area contributed by atoms with Crippen LogP contribution in [0.3, 0.4) is 0 Å². The van der Waals surface area contributed by atoms with Gasteiger partial charge in [-0.15, -0.1) is 0 Å². The Morgan fingerprint density at radius 1 is 1.08 bits per heavy atom. The lowest BCUT2D eigenvalue weighted by molar-refractivity contribution is 0.194. The fourth-order valence-electron chi connectivity index (χ4n) is 2.67. The van der Waals surface area contributed by atoms with E-state index in [-0.39, 0.29) is 6.03 Å². The van der Waals surface area contributed by atoms with E-state index in [1.807, 2.05) is 30.3 Å². The molecule has 2 heterocycles. The Bertz CT molecular complexity index is 703. The summed E-state index contributed by atoms with van der Waals surface area (Å²) in [6, 6.07) is 11.2. The zero-order valence-electron chi connectivity index (χ0n) is 13.1. The second kappa shape index (κ2) is 7.73. The number of anilines is 1. The van der Waals surface area contributed by atoms with Crippen LogP contribution in [0.2, 0.25) is 10.0 Å². The van der Waals surface area contributed by atoms with Crippen molar-refractivity contribution in [2.75, 3.05) is 31.1 Å². The molecule has 0 spiro atoms. The molecule has 2 aromatic rings. The Hall–Kier alpha value is -1.98. The van der Waals surface area contributed by atoms with Crippen LogP contribution < -0.4 is 10.2 Å². The van der Waals surface area contributed by atoms with Crippen molar-refractivity contribution in [2.45, 2.75) is 6.54 Å². The van der Waals surface area contributed by atoms with Gasteiger partial charge in [0.2, 0.25) is 0 Å². The molecule has 2 amide bonds. The topological polar surface area (TPSA) is 48.5 Å². The van der Waals surface area contributed by atoms with Crippen LogP contribution in [-0.2, 0) is 6.54 Å². The second-order valence-electron chi connectivity index (χ2n) is 5.53. The van der Waals surface area contributed by atoms with Gasteiger partial charge in [-0.3, -0.25) is 4.98 Å². The van der Waals surface area contributed by atoms with Crippen molar-refractivity contribution in [3.63, 3.8) is 0 Å². The number of urea groups is 1.